The molecule has 0 bridgehead atoms. The molecule has 0 aliphatic rings. The Bertz CT molecular complexity index is 601. The average Bonchev–Trinajstić information content (AvgIpc) is 2.67. The molecule has 0 saturated heterocycles. The van der Waals surface area contributed by atoms with Crippen molar-refractivity contribution in [3.05, 3.63) is 47.3 Å². The van der Waals surface area contributed by atoms with Crippen LogP contribution in [0.5, 0.6) is 0 Å². The van der Waals surface area contributed by atoms with E-state index in [0.29, 0.717) is 12.4 Å². The predicted octanol–water partition coefficient (Wildman–Crippen LogP) is 1.72. The number of nitriles is 1. The fourth-order valence-electron chi connectivity index (χ4n) is 1.54. The largest absolute Gasteiger partial charge is 0.368 e. The van der Waals surface area contributed by atoms with Gasteiger partial charge in [-0.2, -0.15) is 10.4 Å². The summed E-state index contributed by atoms with van der Waals surface area (Å²) in [6, 6.07) is 9.75. The summed E-state index contributed by atoms with van der Waals surface area (Å²) < 4.78 is 1.53. The van der Waals surface area contributed by atoms with Crippen molar-refractivity contribution in [2.45, 2.75) is 13.3 Å². The van der Waals surface area contributed by atoms with Crippen molar-refractivity contribution >= 4 is 12.2 Å². The SMILES string of the molecule is Cc1cn(N=Cc2ccc(CC#N)cc2)c(N)n1. The molecular weight excluding hydrogens is 226 g/mol. The Morgan fingerprint density at radius 3 is 2.72 bits per heavy atom. The van der Waals surface area contributed by atoms with Gasteiger partial charge in [0.25, 0.3) is 0 Å². The molecule has 0 amide bonds. The van der Waals surface area contributed by atoms with Gasteiger partial charge in [0.05, 0.1) is 30.6 Å². The van der Waals surface area contributed by atoms with Crippen LogP contribution in [0.15, 0.2) is 35.6 Å². The van der Waals surface area contributed by atoms with Gasteiger partial charge in [0.2, 0.25) is 5.95 Å². The van der Waals surface area contributed by atoms with Gasteiger partial charge in [0.15, 0.2) is 0 Å². The van der Waals surface area contributed by atoms with Crippen LogP contribution in [-0.2, 0) is 6.42 Å². The molecule has 90 valence electrons. The highest BCUT2D eigenvalue weighted by Gasteiger charge is 1.98. The Kier molecular flexibility index (Phi) is 3.39. The molecule has 0 unspecified atom stereocenters. The van der Waals surface area contributed by atoms with E-state index in [9.17, 15) is 0 Å². The number of hydrogen-bond donors (Lipinski definition) is 1. The minimum Gasteiger partial charge on any atom is -0.368 e. The van der Waals surface area contributed by atoms with Crippen LogP contribution in [0.4, 0.5) is 5.95 Å². The molecule has 0 radical (unpaired) electrons. The van der Waals surface area contributed by atoms with Crippen molar-refractivity contribution in [1.82, 2.24) is 9.66 Å². The van der Waals surface area contributed by atoms with Crippen molar-refractivity contribution in [2.75, 3.05) is 5.73 Å². The van der Waals surface area contributed by atoms with Gasteiger partial charge in [-0.15, -0.1) is 0 Å². The van der Waals surface area contributed by atoms with Gasteiger partial charge in [0.1, 0.15) is 0 Å². The van der Waals surface area contributed by atoms with E-state index in [-0.39, 0.29) is 0 Å². The third-order valence-corrected chi connectivity index (χ3v) is 2.43. The van der Waals surface area contributed by atoms with E-state index in [0.717, 1.165) is 16.8 Å². The van der Waals surface area contributed by atoms with Gasteiger partial charge >= 0.3 is 0 Å². The van der Waals surface area contributed by atoms with Gasteiger partial charge < -0.3 is 5.73 Å². The zero-order valence-electron chi connectivity index (χ0n) is 10.0. The molecule has 18 heavy (non-hydrogen) atoms. The molecular formula is C13H13N5. The van der Waals surface area contributed by atoms with E-state index in [1.165, 1.54) is 4.68 Å². The van der Waals surface area contributed by atoms with Crippen LogP contribution in [0.1, 0.15) is 16.8 Å². The van der Waals surface area contributed by atoms with Crippen molar-refractivity contribution in [2.24, 2.45) is 5.10 Å². The number of imidazole rings is 1. The van der Waals surface area contributed by atoms with Gasteiger partial charge in [-0.3, -0.25) is 0 Å². The molecule has 5 heteroatoms. The first-order valence-corrected chi connectivity index (χ1v) is 5.51. The first-order valence-electron chi connectivity index (χ1n) is 5.51. The molecule has 2 aromatic rings. The zero-order chi connectivity index (χ0) is 13.0. The number of nitrogens with zero attached hydrogens (tertiary/aromatic N) is 4. The van der Waals surface area contributed by atoms with Crippen molar-refractivity contribution in [1.29, 1.82) is 5.26 Å². The van der Waals surface area contributed by atoms with Crippen molar-refractivity contribution in [3.63, 3.8) is 0 Å². The maximum absolute atomic E-state index is 8.57. The topological polar surface area (TPSA) is 80.0 Å². The first-order chi connectivity index (χ1) is 8.69. The van der Waals surface area contributed by atoms with Gasteiger partial charge in [-0.05, 0) is 18.1 Å². The third-order valence-electron chi connectivity index (χ3n) is 2.43. The highest BCUT2D eigenvalue weighted by molar-refractivity contribution is 5.79. The molecule has 5 nitrogen and oxygen atoms in total. The number of anilines is 1. The maximum Gasteiger partial charge on any atom is 0.221 e. The standard InChI is InChI=1S/C13H13N5/c1-10-9-18(13(15)17-10)16-8-12-4-2-11(3-5-12)6-7-14/h2-5,8-9H,6H2,1H3,(H2,15,17). The lowest BCUT2D eigenvalue weighted by Crippen LogP contribution is -1.97. The molecule has 1 heterocycles. The number of aryl methyl sites for hydroxylation is 1. The van der Waals surface area contributed by atoms with Crippen LogP contribution in [0, 0.1) is 18.3 Å². The third kappa shape index (κ3) is 2.74. The second kappa shape index (κ2) is 5.15. The van der Waals surface area contributed by atoms with Crippen LogP contribution < -0.4 is 5.73 Å². The minimum atomic E-state index is 0.366. The summed E-state index contributed by atoms with van der Waals surface area (Å²) in [7, 11) is 0. The van der Waals surface area contributed by atoms with Crippen LogP contribution in [0.3, 0.4) is 0 Å². The molecule has 0 atom stereocenters. The fourth-order valence-corrected chi connectivity index (χ4v) is 1.54. The zero-order valence-corrected chi connectivity index (χ0v) is 10.0. The summed E-state index contributed by atoms with van der Waals surface area (Å²) in [4.78, 5) is 4.05. The monoisotopic (exact) mass is 239 g/mol. The Morgan fingerprint density at radius 1 is 1.44 bits per heavy atom. The van der Waals surface area contributed by atoms with Crippen LogP contribution >= 0.6 is 0 Å². The van der Waals surface area contributed by atoms with Crippen LogP contribution in [-0.4, -0.2) is 15.9 Å². The van der Waals surface area contributed by atoms with Crippen molar-refractivity contribution in [3.8, 4) is 6.07 Å². The lowest BCUT2D eigenvalue weighted by molar-refractivity contribution is 0.897. The fraction of sp³-hybridized carbons (Fsp3) is 0.154. The minimum absolute atomic E-state index is 0.366. The molecule has 2 rings (SSSR count). The Morgan fingerprint density at radius 2 is 2.17 bits per heavy atom. The summed E-state index contributed by atoms with van der Waals surface area (Å²) in [6.45, 7) is 1.86. The Labute approximate surface area is 105 Å². The van der Waals surface area contributed by atoms with Gasteiger partial charge in [-0.1, -0.05) is 24.3 Å². The van der Waals surface area contributed by atoms with E-state index < -0.39 is 0 Å². The van der Waals surface area contributed by atoms with E-state index >= 15 is 0 Å². The molecule has 1 aromatic carbocycles. The number of benzene rings is 1. The lowest BCUT2D eigenvalue weighted by Gasteiger charge is -1.97. The highest BCUT2D eigenvalue weighted by atomic mass is 15.4. The molecule has 0 aliphatic heterocycles. The predicted molar refractivity (Wildman–Crippen MR) is 70.1 cm³/mol. The summed E-state index contributed by atoms with van der Waals surface area (Å²) in [5.74, 6) is 0.366. The number of nitrogen functional groups attached to an aromatic ring is 1. The molecule has 1 aromatic heterocycles. The number of aromatic nitrogens is 2. The second-order valence-corrected chi connectivity index (χ2v) is 3.91. The molecule has 0 fully saturated rings. The van der Waals surface area contributed by atoms with E-state index in [2.05, 4.69) is 16.2 Å². The van der Waals surface area contributed by atoms with Crippen molar-refractivity contribution < 1.29 is 0 Å². The molecule has 0 spiro atoms. The smallest absolute Gasteiger partial charge is 0.221 e. The Balaban J connectivity index is 2.14. The van der Waals surface area contributed by atoms with E-state index in [4.69, 9.17) is 11.0 Å². The molecule has 0 saturated carbocycles. The molecule has 2 N–H and O–H groups in total. The van der Waals surface area contributed by atoms with Gasteiger partial charge in [-0.25, -0.2) is 9.66 Å². The van der Waals surface area contributed by atoms with E-state index in [1.54, 1.807) is 12.4 Å². The Hall–Kier alpha value is -2.61. The van der Waals surface area contributed by atoms with Gasteiger partial charge in [0, 0.05) is 0 Å². The lowest BCUT2D eigenvalue weighted by atomic mass is 10.1. The highest BCUT2D eigenvalue weighted by Crippen LogP contribution is 2.05. The number of nitrogens with two attached hydrogens (primary N) is 1. The normalized spacial score (nSPS) is 10.7. The summed E-state index contributed by atoms with van der Waals surface area (Å²) in [6.07, 6.45) is 3.88. The summed E-state index contributed by atoms with van der Waals surface area (Å²) in [5, 5.41) is 12.8. The maximum atomic E-state index is 8.57. The summed E-state index contributed by atoms with van der Waals surface area (Å²) in [5.41, 5.74) is 8.44. The second-order valence-electron chi connectivity index (χ2n) is 3.91. The molecule has 0 aliphatic carbocycles. The van der Waals surface area contributed by atoms with Crippen LogP contribution in [0.2, 0.25) is 0 Å². The average molecular weight is 239 g/mol. The quantitative estimate of drug-likeness (QED) is 0.828. The van der Waals surface area contributed by atoms with E-state index in [1.807, 2.05) is 31.2 Å². The number of hydrogen-bond acceptors (Lipinski definition) is 4. The summed E-state index contributed by atoms with van der Waals surface area (Å²) >= 11 is 0. The first kappa shape index (κ1) is 11.9. The number of rotatable bonds is 3. The van der Waals surface area contributed by atoms with Crippen LogP contribution in [0.25, 0.3) is 0 Å².